The van der Waals surface area contributed by atoms with E-state index in [9.17, 15) is 19.5 Å². The number of carbonyl (C=O) groups is 4. The molecule has 1 unspecified atom stereocenters. The molecule has 2 bridgehead atoms. The van der Waals surface area contributed by atoms with Crippen molar-refractivity contribution in [2.24, 2.45) is 17.8 Å². The van der Waals surface area contributed by atoms with Gasteiger partial charge in [0, 0.05) is 23.5 Å². The summed E-state index contributed by atoms with van der Waals surface area (Å²) in [6, 6.07) is 13.7. The van der Waals surface area contributed by atoms with Crippen LogP contribution in [0.25, 0.3) is 0 Å². The van der Waals surface area contributed by atoms with Gasteiger partial charge in [0.25, 0.3) is 5.91 Å². The molecular weight excluding hydrogens is 730 g/mol. The standard InChI is InChI=1S/C40H50BrN3O8/c1-7-10-16-31(46)42-25(5)34(26-14-12-11-13-15-26)51-39(49)32-33-37(47)44(30(23-45)24(4)9-3)36(40(33)22-29(41)35(32)52-40)38(48)43(21-8-2)27-17-19-28(50-6)20-18-27/h7-8,11-15,17-20,24-25,29-30,32-36,45H,1-2,9-10,16,21-23H2,3-6H3,(H,42,46)/t24-,25-,29?,30-,32-,33+,34-,35-,36-,40+/m0/s1. The van der Waals surface area contributed by atoms with Gasteiger partial charge in [-0.05, 0) is 55.5 Å². The molecule has 3 aliphatic rings. The third-order valence-corrected chi connectivity index (χ3v) is 11.7. The second-order valence-electron chi connectivity index (χ2n) is 13.9. The third kappa shape index (κ3) is 7.30. The van der Waals surface area contributed by atoms with Gasteiger partial charge < -0.3 is 34.4 Å². The van der Waals surface area contributed by atoms with Crippen molar-refractivity contribution >= 4 is 45.3 Å². The van der Waals surface area contributed by atoms with Gasteiger partial charge in [-0.25, -0.2) is 0 Å². The molecule has 2 aromatic rings. The summed E-state index contributed by atoms with van der Waals surface area (Å²) in [5.41, 5.74) is -0.155. The van der Waals surface area contributed by atoms with Crippen LogP contribution in [0.15, 0.2) is 79.9 Å². The molecule has 12 heteroatoms. The normalized spacial score (nSPS) is 26.8. The molecule has 3 fully saturated rings. The van der Waals surface area contributed by atoms with Crippen LogP contribution in [-0.4, -0.2) is 88.6 Å². The number of nitrogens with zero attached hydrogens (tertiary/aromatic N) is 2. The minimum atomic E-state index is -1.39. The SMILES string of the molecule is C=CCCC(=O)N[C@@H](C)[C@H](OC(=O)[C@@H]1[C@H]2O[C@@]3(CC2Br)[C@H](C(=O)N(CC=C)c2ccc(OC)cc2)N([C@@H](CO)[C@@H](C)CC)C(=O)[C@@H]13)c1ccccc1. The van der Waals surface area contributed by atoms with E-state index in [1.165, 1.54) is 4.90 Å². The Labute approximate surface area is 314 Å². The van der Waals surface area contributed by atoms with E-state index in [2.05, 4.69) is 34.4 Å². The van der Waals surface area contributed by atoms with Crippen LogP contribution in [-0.2, 0) is 28.7 Å². The van der Waals surface area contributed by atoms with E-state index >= 15 is 4.79 Å². The lowest BCUT2D eigenvalue weighted by Gasteiger charge is -2.41. The number of anilines is 1. The van der Waals surface area contributed by atoms with E-state index in [1.54, 1.807) is 55.4 Å². The maximum Gasteiger partial charge on any atom is 0.313 e. The number of benzene rings is 2. The number of likely N-dealkylation sites (tertiary alicyclic amines) is 1. The zero-order chi connectivity index (χ0) is 37.7. The number of nitrogens with one attached hydrogen (secondary N) is 1. The summed E-state index contributed by atoms with van der Waals surface area (Å²) in [6.45, 7) is 13.0. The van der Waals surface area contributed by atoms with E-state index in [1.807, 2.05) is 44.2 Å². The van der Waals surface area contributed by atoms with Crippen molar-refractivity contribution in [3.05, 3.63) is 85.5 Å². The molecular formula is C40H50BrN3O8. The van der Waals surface area contributed by atoms with Gasteiger partial charge in [0.1, 0.15) is 23.5 Å². The quantitative estimate of drug-likeness (QED) is 0.128. The molecule has 52 heavy (non-hydrogen) atoms. The number of ether oxygens (including phenoxy) is 3. The van der Waals surface area contributed by atoms with Gasteiger partial charge >= 0.3 is 5.97 Å². The smallest absolute Gasteiger partial charge is 0.313 e. The molecule has 3 saturated heterocycles. The maximum absolute atomic E-state index is 15.0. The molecule has 3 heterocycles. The van der Waals surface area contributed by atoms with Crippen LogP contribution in [0.3, 0.4) is 0 Å². The van der Waals surface area contributed by atoms with E-state index in [4.69, 9.17) is 14.2 Å². The van der Waals surface area contributed by atoms with Gasteiger partial charge in [-0.15, -0.1) is 13.2 Å². The summed E-state index contributed by atoms with van der Waals surface area (Å²) in [4.78, 5) is 59.9. The molecule has 1 spiro atoms. The van der Waals surface area contributed by atoms with E-state index in [0.717, 1.165) is 0 Å². The molecule has 3 amide bonds. The minimum absolute atomic E-state index is 0.138. The topological polar surface area (TPSA) is 135 Å². The summed E-state index contributed by atoms with van der Waals surface area (Å²) in [7, 11) is 1.56. The lowest BCUT2D eigenvalue weighted by Crippen LogP contribution is -2.60. The highest BCUT2D eigenvalue weighted by Gasteiger charge is 2.78. The van der Waals surface area contributed by atoms with Crippen molar-refractivity contribution in [1.29, 1.82) is 0 Å². The number of esters is 1. The number of hydrogen-bond donors (Lipinski definition) is 2. The summed E-state index contributed by atoms with van der Waals surface area (Å²) >= 11 is 3.74. The Kier molecular flexibility index (Phi) is 12.6. The molecule has 11 nitrogen and oxygen atoms in total. The van der Waals surface area contributed by atoms with Gasteiger partial charge in [-0.3, -0.25) is 19.2 Å². The van der Waals surface area contributed by atoms with Crippen molar-refractivity contribution in [2.75, 3.05) is 25.2 Å². The fraction of sp³-hybridized carbons (Fsp3) is 0.500. The van der Waals surface area contributed by atoms with Crippen molar-refractivity contribution in [3.8, 4) is 5.75 Å². The predicted molar refractivity (Wildman–Crippen MR) is 201 cm³/mol. The molecule has 10 atom stereocenters. The third-order valence-electron chi connectivity index (χ3n) is 10.8. The van der Waals surface area contributed by atoms with Gasteiger partial charge in [0.05, 0.1) is 43.7 Å². The van der Waals surface area contributed by atoms with Gasteiger partial charge in [0.2, 0.25) is 11.8 Å². The van der Waals surface area contributed by atoms with E-state index in [0.29, 0.717) is 29.8 Å². The first-order valence-electron chi connectivity index (χ1n) is 17.9. The second kappa shape index (κ2) is 16.8. The number of allylic oxidation sites excluding steroid dienone is 1. The second-order valence-corrected chi connectivity index (χ2v) is 15.1. The molecule has 0 aromatic heterocycles. The van der Waals surface area contributed by atoms with Crippen LogP contribution in [0, 0.1) is 17.8 Å². The molecule has 0 saturated carbocycles. The number of halogens is 1. The number of amides is 3. The number of carbonyl (C=O) groups excluding carboxylic acids is 4. The van der Waals surface area contributed by atoms with Crippen molar-refractivity contribution < 1.29 is 38.5 Å². The van der Waals surface area contributed by atoms with Crippen LogP contribution < -0.4 is 15.0 Å². The first-order chi connectivity index (χ1) is 25.0. The highest BCUT2D eigenvalue weighted by molar-refractivity contribution is 9.09. The Morgan fingerprint density at radius 1 is 1.13 bits per heavy atom. The number of aliphatic hydroxyl groups excluding tert-OH is 1. The molecule has 0 aliphatic carbocycles. The summed E-state index contributed by atoms with van der Waals surface area (Å²) in [5, 5.41) is 13.7. The predicted octanol–water partition coefficient (Wildman–Crippen LogP) is 5.12. The van der Waals surface area contributed by atoms with Crippen LogP contribution in [0.5, 0.6) is 5.75 Å². The number of fused-ring (bicyclic) bond motifs is 1. The fourth-order valence-corrected chi connectivity index (χ4v) is 9.03. The zero-order valence-corrected chi connectivity index (χ0v) is 31.9. The maximum atomic E-state index is 15.0. The van der Waals surface area contributed by atoms with Crippen molar-refractivity contribution in [2.45, 2.75) is 87.2 Å². The van der Waals surface area contributed by atoms with Gasteiger partial charge in [0.15, 0.2) is 0 Å². The first kappa shape index (κ1) is 39.2. The highest BCUT2D eigenvalue weighted by Crippen LogP contribution is 2.61. The Morgan fingerprint density at radius 3 is 2.42 bits per heavy atom. The van der Waals surface area contributed by atoms with Crippen molar-refractivity contribution in [3.63, 3.8) is 0 Å². The van der Waals surface area contributed by atoms with Crippen LogP contribution in [0.1, 0.15) is 58.1 Å². The molecule has 280 valence electrons. The minimum Gasteiger partial charge on any atom is -0.497 e. The van der Waals surface area contributed by atoms with Crippen LogP contribution >= 0.6 is 15.9 Å². The van der Waals surface area contributed by atoms with E-state index < -0.39 is 65.6 Å². The lowest BCUT2D eigenvalue weighted by atomic mass is 9.70. The first-order valence-corrected chi connectivity index (χ1v) is 18.9. The van der Waals surface area contributed by atoms with Crippen molar-refractivity contribution in [1.82, 2.24) is 10.2 Å². The number of aliphatic hydroxyl groups is 1. The Morgan fingerprint density at radius 2 is 1.83 bits per heavy atom. The van der Waals surface area contributed by atoms with E-state index in [-0.39, 0.29) is 42.6 Å². The molecule has 2 N–H and O–H groups in total. The van der Waals surface area contributed by atoms with Crippen LogP contribution in [0.4, 0.5) is 5.69 Å². The average Bonchev–Trinajstić information content (AvgIpc) is 3.75. The average molecular weight is 781 g/mol. The Bertz CT molecular complexity index is 1620. The number of alkyl halides is 1. The Balaban J connectivity index is 1.55. The summed E-state index contributed by atoms with van der Waals surface area (Å²) in [5.74, 6) is -3.39. The largest absolute Gasteiger partial charge is 0.497 e. The molecule has 5 rings (SSSR count). The number of hydrogen-bond acceptors (Lipinski definition) is 8. The molecule has 2 aromatic carbocycles. The molecule has 3 aliphatic heterocycles. The Hall–Kier alpha value is -4.00. The van der Waals surface area contributed by atoms with Gasteiger partial charge in [-0.2, -0.15) is 0 Å². The highest BCUT2D eigenvalue weighted by atomic mass is 79.9. The zero-order valence-electron chi connectivity index (χ0n) is 30.3. The summed E-state index contributed by atoms with van der Waals surface area (Å²) < 4.78 is 18.4. The number of rotatable bonds is 17. The fourth-order valence-electron chi connectivity index (χ4n) is 8.09. The summed E-state index contributed by atoms with van der Waals surface area (Å²) in [6.07, 6.45) is 3.28. The lowest BCUT2D eigenvalue weighted by molar-refractivity contribution is -0.162. The monoisotopic (exact) mass is 779 g/mol. The molecule has 0 radical (unpaired) electrons. The van der Waals surface area contributed by atoms with Crippen LogP contribution in [0.2, 0.25) is 0 Å². The number of methoxy groups -OCH3 is 1. The van der Waals surface area contributed by atoms with Gasteiger partial charge in [-0.1, -0.05) is 78.7 Å².